The van der Waals surface area contributed by atoms with Gasteiger partial charge in [-0.25, -0.2) is 0 Å². The molecule has 1 saturated heterocycles. The number of carbonyl (C=O) groups excluding carboxylic acids is 1. The van der Waals surface area contributed by atoms with Crippen LogP contribution in [0.3, 0.4) is 0 Å². The van der Waals surface area contributed by atoms with Gasteiger partial charge in [-0.2, -0.15) is 5.10 Å². The molecular formula is C13H15N3O3S. The van der Waals surface area contributed by atoms with Crippen LogP contribution in [0.5, 0.6) is 11.5 Å². The van der Waals surface area contributed by atoms with E-state index in [0.717, 1.165) is 5.56 Å². The van der Waals surface area contributed by atoms with Gasteiger partial charge in [-0.3, -0.25) is 4.79 Å². The SMILES string of the molecule is CCOc1cc(/C=N/N=C2\NC(=O)CS2)ccc1OC. The van der Waals surface area contributed by atoms with Crippen LogP contribution in [0.2, 0.25) is 0 Å². The third-order valence-corrected chi connectivity index (χ3v) is 3.29. The first-order valence-electron chi connectivity index (χ1n) is 6.07. The second-order valence-electron chi connectivity index (χ2n) is 3.83. The molecule has 1 heterocycles. The van der Waals surface area contributed by atoms with Crippen molar-refractivity contribution in [2.24, 2.45) is 10.2 Å². The van der Waals surface area contributed by atoms with Crippen molar-refractivity contribution in [3.05, 3.63) is 23.8 Å². The molecule has 1 fully saturated rings. The lowest BCUT2D eigenvalue weighted by molar-refractivity contribution is -0.116. The van der Waals surface area contributed by atoms with Crippen LogP contribution in [-0.2, 0) is 4.79 Å². The molecule has 2 rings (SSSR count). The molecule has 0 radical (unpaired) electrons. The number of hydrogen-bond donors (Lipinski definition) is 1. The molecule has 1 aromatic carbocycles. The Hall–Kier alpha value is -2.02. The highest BCUT2D eigenvalue weighted by Crippen LogP contribution is 2.27. The fraction of sp³-hybridized carbons (Fsp3) is 0.308. The summed E-state index contributed by atoms with van der Waals surface area (Å²) in [6.45, 7) is 2.47. The second-order valence-corrected chi connectivity index (χ2v) is 4.79. The van der Waals surface area contributed by atoms with E-state index in [1.165, 1.54) is 11.8 Å². The van der Waals surface area contributed by atoms with E-state index in [-0.39, 0.29) is 5.91 Å². The molecule has 0 saturated carbocycles. The van der Waals surface area contributed by atoms with E-state index in [1.54, 1.807) is 13.3 Å². The van der Waals surface area contributed by atoms with Crippen LogP contribution < -0.4 is 14.8 Å². The van der Waals surface area contributed by atoms with Gasteiger partial charge in [0, 0.05) is 0 Å². The topological polar surface area (TPSA) is 72.3 Å². The third-order valence-electron chi connectivity index (χ3n) is 2.43. The molecule has 0 unspecified atom stereocenters. The molecule has 0 bridgehead atoms. The van der Waals surface area contributed by atoms with Crippen LogP contribution in [-0.4, -0.2) is 36.8 Å². The van der Waals surface area contributed by atoms with E-state index >= 15 is 0 Å². The lowest BCUT2D eigenvalue weighted by atomic mass is 10.2. The van der Waals surface area contributed by atoms with Crippen LogP contribution in [0.15, 0.2) is 28.4 Å². The van der Waals surface area contributed by atoms with Gasteiger partial charge in [0.15, 0.2) is 16.7 Å². The number of ether oxygens (including phenoxy) is 2. The van der Waals surface area contributed by atoms with Crippen LogP contribution in [0.25, 0.3) is 0 Å². The smallest absolute Gasteiger partial charge is 0.236 e. The fourth-order valence-electron chi connectivity index (χ4n) is 1.57. The average Bonchev–Trinajstić information content (AvgIpc) is 2.85. The van der Waals surface area contributed by atoms with Gasteiger partial charge in [0.2, 0.25) is 5.91 Å². The molecule has 106 valence electrons. The maximum atomic E-state index is 11.0. The van der Waals surface area contributed by atoms with Gasteiger partial charge in [-0.1, -0.05) is 11.8 Å². The molecule has 0 atom stereocenters. The number of benzene rings is 1. The zero-order chi connectivity index (χ0) is 14.4. The van der Waals surface area contributed by atoms with E-state index in [1.807, 2.05) is 25.1 Å². The number of methoxy groups -OCH3 is 1. The Morgan fingerprint density at radius 1 is 1.45 bits per heavy atom. The molecular weight excluding hydrogens is 278 g/mol. The zero-order valence-corrected chi connectivity index (χ0v) is 12.1. The van der Waals surface area contributed by atoms with Crippen molar-refractivity contribution in [2.75, 3.05) is 19.5 Å². The summed E-state index contributed by atoms with van der Waals surface area (Å²) in [6.07, 6.45) is 1.60. The number of amidine groups is 1. The Bertz CT molecular complexity index is 558. The molecule has 0 spiro atoms. The Labute approximate surface area is 121 Å². The highest BCUT2D eigenvalue weighted by molar-refractivity contribution is 8.15. The lowest BCUT2D eigenvalue weighted by Crippen LogP contribution is -2.19. The molecule has 20 heavy (non-hydrogen) atoms. The maximum Gasteiger partial charge on any atom is 0.236 e. The van der Waals surface area contributed by atoms with E-state index < -0.39 is 0 Å². The zero-order valence-electron chi connectivity index (χ0n) is 11.3. The minimum atomic E-state index is -0.0490. The largest absolute Gasteiger partial charge is 0.493 e. The van der Waals surface area contributed by atoms with Gasteiger partial charge in [-0.05, 0) is 30.7 Å². The van der Waals surface area contributed by atoms with Gasteiger partial charge in [0.05, 0.1) is 25.7 Å². The summed E-state index contributed by atoms with van der Waals surface area (Å²) in [6, 6.07) is 5.49. The summed E-state index contributed by atoms with van der Waals surface area (Å²) in [5.74, 6) is 1.68. The molecule has 1 amide bonds. The molecule has 0 aliphatic carbocycles. The third kappa shape index (κ3) is 3.74. The Kier molecular flexibility index (Phi) is 5.00. The number of hydrogen-bond acceptors (Lipinski definition) is 6. The van der Waals surface area contributed by atoms with Crippen molar-refractivity contribution in [3.63, 3.8) is 0 Å². The highest BCUT2D eigenvalue weighted by Gasteiger charge is 2.15. The van der Waals surface area contributed by atoms with Gasteiger partial charge in [0.1, 0.15) is 0 Å². The molecule has 6 nitrogen and oxygen atoms in total. The number of amides is 1. The summed E-state index contributed by atoms with van der Waals surface area (Å²) < 4.78 is 10.7. The number of nitrogens with zero attached hydrogens (tertiary/aromatic N) is 2. The second kappa shape index (κ2) is 6.95. The van der Waals surface area contributed by atoms with Crippen molar-refractivity contribution in [1.29, 1.82) is 0 Å². The van der Waals surface area contributed by atoms with Crippen LogP contribution >= 0.6 is 11.8 Å². The van der Waals surface area contributed by atoms with E-state index in [4.69, 9.17) is 9.47 Å². The maximum absolute atomic E-state index is 11.0. The predicted octanol–water partition coefficient (Wildman–Crippen LogP) is 1.65. The quantitative estimate of drug-likeness (QED) is 0.662. The molecule has 1 aliphatic rings. The summed E-state index contributed by atoms with van der Waals surface area (Å²) >= 11 is 1.33. The van der Waals surface area contributed by atoms with E-state index in [2.05, 4.69) is 15.5 Å². The van der Waals surface area contributed by atoms with Gasteiger partial charge in [0.25, 0.3) is 0 Å². The number of nitrogens with one attached hydrogen (secondary N) is 1. The van der Waals surface area contributed by atoms with Crippen LogP contribution in [0.1, 0.15) is 12.5 Å². The monoisotopic (exact) mass is 293 g/mol. The first-order valence-corrected chi connectivity index (χ1v) is 7.06. The summed E-state index contributed by atoms with van der Waals surface area (Å²) in [7, 11) is 1.59. The van der Waals surface area contributed by atoms with Gasteiger partial charge < -0.3 is 14.8 Å². The summed E-state index contributed by atoms with van der Waals surface area (Å²) in [5.41, 5.74) is 0.841. The standard InChI is InChI=1S/C13H15N3O3S/c1-3-19-11-6-9(4-5-10(11)18-2)7-14-16-13-15-12(17)8-20-13/h4-7H,3,8H2,1-2H3,(H,15,16,17)/b14-7+. The van der Waals surface area contributed by atoms with E-state index in [9.17, 15) is 4.79 Å². The lowest BCUT2D eigenvalue weighted by Gasteiger charge is -2.09. The van der Waals surface area contributed by atoms with Crippen molar-refractivity contribution >= 4 is 29.1 Å². The summed E-state index contributed by atoms with van der Waals surface area (Å²) in [4.78, 5) is 11.0. The van der Waals surface area contributed by atoms with Crippen molar-refractivity contribution < 1.29 is 14.3 Å². The van der Waals surface area contributed by atoms with Crippen molar-refractivity contribution in [3.8, 4) is 11.5 Å². The molecule has 7 heteroatoms. The first kappa shape index (κ1) is 14.4. The predicted molar refractivity (Wildman–Crippen MR) is 79.8 cm³/mol. The van der Waals surface area contributed by atoms with Crippen molar-refractivity contribution in [1.82, 2.24) is 5.32 Å². The highest BCUT2D eigenvalue weighted by atomic mass is 32.2. The molecule has 1 N–H and O–H groups in total. The van der Waals surface area contributed by atoms with Gasteiger partial charge >= 0.3 is 0 Å². The average molecular weight is 293 g/mol. The van der Waals surface area contributed by atoms with Crippen LogP contribution in [0.4, 0.5) is 0 Å². The Morgan fingerprint density at radius 3 is 2.95 bits per heavy atom. The fourth-order valence-corrected chi connectivity index (χ4v) is 2.20. The molecule has 1 aliphatic heterocycles. The Balaban J connectivity index is 2.09. The number of carbonyl (C=O) groups is 1. The van der Waals surface area contributed by atoms with E-state index in [0.29, 0.717) is 29.0 Å². The molecule has 1 aromatic rings. The van der Waals surface area contributed by atoms with Gasteiger partial charge in [-0.15, -0.1) is 5.10 Å². The Morgan fingerprint density at radius 2 is 2.30 bits per heavy atom. The first-order chi connectivity index (χ1) is 9.72. The summed E-state index contributed by atoms with van der Waals surface area (Å²) in [5, 5.41) is 11.0. The number of rotatable bonds is 5. The minimum absolute atomic E-state index is 0.0490. The van der Waals surface area contributed by atoms with Crippen molar-refractivity contribution in [2.45, 2.75) is 6.92 Å². The minimum Gasteiger partial charge on any atom is -0.493 e. The normalized spacial score (nSPS) is 16.7. The molecule has 0 aromatic heterocycles. The van der Waals surface area contributed by atoms with Crippen LogP contribution in [0, 0.1) is 0 Å². The number of thioether (sulfide) groups is 1.